The number of allylic oxidation sites excluding steroid dienone is 1. The first-order valence-corrected chi connectivity index (χ1v) is 3.78. The predicted octanol–water partition coefficient (Wildman–Crippen LogP) is 2.05. The fourth-order valence-electron chi connectivity index (χ4n) is 1.35. The van der Waals surface area contributed by atoms with E-state index in [2.05, 4.69) is 11.5 Å². The van der Waals surface area contributed by atoms with Crippen LogP contribution in [0, 0.1) is 0 Å². The molecule has 0 amide bonds. The van der Waals surface area contributed by atoms with E-state index < -0.39 is 0 Å². The lowest BCUT2D eigenvalue weighted by atomic mass is 9.96. The molecular weight excluding hydrogens is 110 g/mol. The summed E-state index contributed by atoms with van der Waals surface area (Å²) in [7, 11) is 1.97. The molecule has 1 aliphatic rings. The molecule has 52 valence electrons. The third-order valence-corrected chi connectivity index (χ3v) is 1.84. The summed E-state index contributed by atoms with van der Waals surface area (Å²) in [5, 5.41) is 3.08. The van der Waals surface area contributed by atoms with Gasteiger partial charge in [-0.15, -0.1) is 0 Å². The van der Waals surface area contributed by atoms with Crippen molar-refractivity contribution in [2.24, 2.45) is 0 Å². The van der Waals surface area contributed by atoms with E-state index in [0.717, 1.165) is 0 Å². The molecule has 1 aliphatic carbocycles. The molecular formula is C8H15N. The van der Waals surface area contributed by atoms with Gasteiger partial charge in [-0.05, 0) is 31.9 Å². The highest BCUT2D eigenvalue weighted by Crippen LogP contribution is 2.21. The molecule has 0 unspecified atom stereocenters. The molecule has 1 nitrogen and oxygen atoms in total. The number of hydrogen-bond donors (Lipinski definition) is 1. The van der Waals surface area contributed by atoms with Crippen LogP contribution in [-0.4, -0.2) is 7.05 Å². The zero-order valence-electron chi connectivity index (χ0n) is 6.11. The first-order chi connectivity index (χ1) is 4.43. The second-order valence-corrected chi connectivity index (χ2v) is 2.65. The molecule has 0 aromatic rings. The van der Waals surface area contributed by atoms with Crippen LogP contribution in [0.5, 0.6) is 0 Å². The Labute approximate surface area is 57.1 Å². The van der Waals surface area contributed by atoms with E-state index in [1.165, 1.54) is 32.1 Å². The third-order valence-electron chi connectivity index (χ3n) is 1.84. The van der Waals surface area contributed by atoms with Crippen LogP contribution in [0.25, 0.3) is 0 Å². The highest BCUT2D eigenvalue weighted by Gasteiger charge is 2.03. The van der Waals surface area contributed by atoms with Crippen LogP contribution in [0.1, 0.15) is 32.1 Å². The van der Waals surface area contributed by atoms with Gasteiger partial charge in [-0.2, -0.15) is 0 Å². The average molecular weight is 125 g/mol. The van der Waals surface area contributed by atoms with Crippen molar-refractivity contribution < 1.29 is 0 Å². The minimum absolute atomic E-state index is 1.32. The zero-order chi connectivity index (χ0) is 6.53. The molecule has 0 saturated heterocycles. The van der Waals surface area contributed by atoms with Gasteiger partial charge in [0.05, 0.1) is 0 Å². The average Bonchev–Trinajstić information content (AvgIpc) is 1.91. The summed E-state index contributed by atoms with van der Waals surface area (Å²) in [5.41, 5.74) is 1.60. The molecule has 0 radical (unpaired) electrons. The van der Waals surface area contributed by atoms with Gasteiger partial charge in [0.1, 0.15) is 0 Å². The summed E-state index contributed by atoms with van der Waals surface area (Å²) in [4.78, 5) is 0. The number of rotatable bonds is 1. The van der Waals surface area contributed by atoms with Crippen molar-refractivity contribution in [3.05, 3.63) is 11.8 Å². The monoisotopic (exact) mass is 125 g/mol. The van der Waals surface area contributed by atoms with Gasteiger partial charge >= 0.3 is 0 Å². The SMILES string of the molecule is CNC=C1CCCCC1. The molecule has 0 aromatic carbocycles. The van der Waals surface area contributed by atoms with E-state index in [0.29, 0.717) is 0 Å². The van der Waals surface area contributed by atoms with Gasteiger partial charge < -0.3 is 5.32 Å². The van der Waals surface area contributed by atoms with Crippen LogP contribution in [0.4, 0.5) is 0 Å². The lowest BCUT2D eigenvalue weighted by molar-refractivity contribution is 0.595. The first kappa shape index (κ1) is 6.66. The smallest absolute Gasteiger partial charge is 0.00276 e. The molecule has 1 fully saturated rings. The molecule has 1 rings (SSSR count). The highest BCUT2D eigenvalue weighted by molar-refractivity contribution is 5.02. The van der Waals surface area contributed by atoms with Crippen LogP contribution in [0.15, 0.2) is 11.8 Å². The summed E-state index contributed by atoms with van der Waals surface area (Å²) in [6, 6.07) is 0. The summed E-state index contributed by atoms with van der Waals surface area (Å²) in [6.45, 7) is 0. The summed E-state index contributed by atoms with van der Waals surface area (Å²) < 4.78 is 0. The Bertz CT molecular complexity index is 97.1. The van der Waals surface area contributed by atoms with Crippen molar-refractivity contribution >= 4 is 0 Å². The normalized spacial score (nSPS) is 19.4. The van der Waals surface area contributed by atoms with Gasteiger partial charge in [-0.3, -0.25) is 0 Å². The second-order valence-electron chi connectivity index (χ2n) is 2.65. The van der Waals surface area contributed by atoms with Crippen molar-refractivity contribution in [1.29, 1.82) is 0 Å². The van der Waals surface area contributed by atoms with Crippen molar-refractivity contribution in [3.63, 3.8) is 0 Å². The van der Waals surface area contributed by atoms with Crippen LogP contribution in [-0.2, 0) is 0 Å². The topological polar surface area (TPSA) is 12.0 Å². The van der Waals surface area contributed by atoms with Gasteiger partial charge in [0.15, 0.2) is 0 Å². The maximum atomic E-state index is 3.08. The molecule has 0 spiro atoms. The summed E-state index contributed by atoms with van der Waals surface area (Å²) >= 11 is 0. The van der Waals surface area contributed by atoms with Crippen LogP contribution >= 0.6 is 0 Å². The van der Waals surface area contributed by atoms with Crippen LogP contribution in [0.2, 0.25) is 0 Å². The molecule has 1 N–H and O–H groups in total. The van der Waals surface area contributed by atoms with Gasteiger partial charge in [0, 0.05) is 7.05 Å². The molecule has 1 heteroatoms. The van der Waals surface area contributed by atoms with Crippen molar-refractivity contribution in [3.8, 4) is 0 Å². The summed E-state index contributed by atoms with van der Waals surface area (Å²) in [6.07, 6.45) is 9.02. The molecule has 9 heavy (non-hydrogen) atoms. The minimum Gasteiger partial charge on any atom is -0.394 e. The summed E-state index contributed by atoms with van der Waals surface area (Å²) in [5.74, 6) is 0. The largest absolute Gasteiger partial charge is 0.394 e. The Morgan fingerprint density at radius 2 is 1.89 bits per heavy atom. The fourth-order valence-corrected chi connectivity index (χ4v) is 1.35. The van der Waals surface area contributed by atoms with Crippen molar-refractivity contribution in [1.82, 2.24) is 5.32 Å². The first-order valence-electron chi connectivity index (χ1n) is 3.78. The number of nitrogens with one attached hydrogen (secondary N) is 1. The standard InChI is InChI=1S/C8H15N/c1-9-7-8-5-3-2-4-6-8/h7,9H,2-6H2,1H3. The van der Waals surface area contributed by atoms with Crippen molar-refractivity contribution in [2.45, 2.75) is 32.1 Å². The molecule has 1 saturated carbocycles. The molecule has 0 aliphatic heterocycles. The molecule has 0 atom stereocenters. The van der Waals surface area contributed by atoms with E-state index in [-0.39, 0.29) is 0 Å². The lowest BCUT2D eigenvalue weighted by Gasteiger charge is -2.12. The maximum Gasteiger partial charge on any atom is 0.00276 e. The zero-order valence-corrected chi connectivity index (χ0v) is 6.11. The predicted molar refractivity (Wildman–Crippen MR) is 40.2 cm³/mol. The maximum absolute atomic E-state index is 3.08. The lowest BCUT2D eigenvalue weighted by Crippen LogP contribution is -2.00. The highest BCUT2D eigenvalue weighted by atomic mass is 14.8. The third kappa shape index (κ3) is 2.08. The fraction of sp³-hybridized carbons (Fsp3) is 0.750. The van der Waals surface area contributed by atoms with Gasteiger partial charge in [0.2, 0.25) is 0 Å². The van der Waals surface area contributed by atoms with Crippen LogP contribution in [0.3, 0.4) is 0 Å². The van der Waals surface area contributed by atoms with Gasteiger partial charge in [0.25, 0.3) is 0 Å². The van der Waals surface area contributed by atoms with E-state index >= 15 is 0 Å². The van der Waals surface area contributed by atoms with E-state index in [4.69, 9.17) is 0 Å². The molecule has 0 aromatic heterocycles. The molecule has 0 heterocycles. The Kier molecular flexibility index (Phi) is 2.62. The number of hydrogen-bond acceptors (Lipinski definition) is 1. The van der Waals surface area contributed by atoms with Crippen LogP contribution < -0.4 is 5.32 Å². The minimum atomic E-state index is 1.32. The Morgan fingerprint density at radius 1 is 1.22 bits per heavy atom. The Balaban J connectivity index is 2.30. The van der Waals surface area contributed by atoms with E-state index in [1.807, 2.05) is 7.05 Å². The van der Waals surface area contributed by atoms with E-state index in [1.54, 1.807) is 5.57 Å². The quantitative estimate of drug-likeness (QED) is 0.565. The Morgan fingerprint density at radius 3 is 2.44 bits per heavy atom. The Hall–Kier alpha value is -0.460. The van der Waals surface area contributed by atoms with Gasteiger partial charge in [-0.1, -0.05) is 12.0 Å². The second kappa shape index (κ2) is 3.54. The molecule has 0 bridgehead atoms. The van der Waals surface area contributed by atoms with Gasteiger partial charge in [-0.25, -0.2) is 0 Å². The van der Waals surface area contributed by atoms with Crippen molar-refractivity contribution in [2.75, 3.05) is 7.05 Å². The van der Waals surface area contributed by atoms with E-state index in [9.17, 15) is 0 Å².